The molecule has 1 aromatic heterocycles. The second-order valence-electron chi connectivity index (χ2n) is 5.75. The van der Waals surface area contributed by atoms with Gasteiger partial charge in [0.15, 0.2) is 0 Å². The normalized spacial score (nSPS) is 13.9. The third-order valence-corrected chi connectivity index (χ3v) is 8.14. The summed E-state index contributed by atoms with van der Waals surface area (Å²) in [6.07, 6.45) is 0. The van der Waals surface area contributed by atoms with Gasteiger partial charge in [-0.3, -0.25) is 0 Å². The van der Waals surface area contributed by atoms with E-state index in [2.05, 4.69) is 0 Å². The minimum atomic E-state index is -0.581. The zero-order valence-electron chi connectivity index (χ0n) is 15.1. The third kappa shape index (κ3) is 4.46. The Balaban J connectivity index is 1.72. The third-order valence-electron chi connectivity index (χ3n) is 3.99. The Morgan fingerprint density at radius 2 is 1.86 bits per heavy atom. The molecular weight excluding hydrogens is 416 g/mol. The van der Waals surface area contributed by atoms with Gasteiger partial charge in [-0.1, -0.05) is 12.1 Å². The molecule has 1 saturated heterocycles. The van der Waals surface area contributed by atoms with Crippen LogP contribution in [0.15, 0.2) is 24.3 Å². The Bertz CT molecular complexity index is 912. The van der Waals surface area contributed by atoms with Crippen molar-refractivity contribution in [3.8, 4) is 6.07 Å². The van der Waals surface area contributed by atoms with E-state index in [0.29, 0.717) is 10.1 Å². The summed E-state index contributed by atoms with van der Waals surface area (Å²) in [5.74, 6) is 1.16. The summed E-state index contributed by atoms with van der Waals surface area (Å²) in [5.41, 5.74) is 7.84. The van der Waals surface area contributed by atoms with Gasteiger partial charge in [0.2, 0.25) is 0 Å². The van der Waals surface area contributed by atoms with E-state index in [1.54, 1.807) is 19.1 Å². The SMILES string of the molecule is CCOC(=O)c1sc(N)c(C#N)c1COC(=O)c1ccc(C2SCCS2)cc1. The first-order chi connectivity index (χ1) is 13.5. The maximum Gasteiger partial charge on any atom is 0.348 e. The fourth-order valence-corrected chi connectivity index (χ4v) is 6.43. The molecule has 2 N–H and O–H groups in total. The predicted octanol–water partition coefficient (Wildman–Crippen LogP) is 4.21. The molecule has 3 rings (SSSR count). The van der Waals surface area contributed by atoms with E-state index in [9.17, 15) is 14.9 Å². The molecule has 0 bridgehead atoms. The summed E-state index contributed by atoms with van der Waals surface area (Å²) >= 11 is 4.75. The number of hydrogen-bond donors (Lipinski definition) is 1. The molecule has 0 saturated carbocycles. The van der Waals surface area contributed by atoms with Gasteiger partial charge in [-0.05, 0) is 24.6 Å². The number of nitrogen functional groups attached to an aromatic ring is 1. The van der Waals surface area contributed by atoms with Crippen LogP contribution in [0, 0.1) is 11.3 Å². The lowest BCUT2D eigenvalue weighted by atomic mass is 10.1. The highest BCUT2D eigenvalue weighted by Gasteiger charge is 2.24. The molecule has 0 amide bonds. The van der Waals surface area contributed by atoms with Gasteiger partial charge in [-0.15, -0.1) is 34.9 Å². The number of esters is 2. The lowest BCUT2D eigenvalue weighted by Gasteiger charge is -2.10. The number of carbonyl (C=O) groups is 2. The molecule has 6 nitrogen and oxygen atoms in total. The van der Waals surface area contributed by atoms with Crippen LogP contribution in [0.4, 0.5) is 5.00 Å². The topological polar surface area (TPSA) is 102 Å². The van der Waals surface area contributed by atoms with E-state index in [-0.39, 0.29) is 34.2 Å². The lowest BCUT2D eigenvalue weighted by molar-refractivity contribution is 0.0452. The van der Waals surface area contributed by atoms with Gasteiger partial charge in [0.1, 0.15) is 22.6 Å². The van der Waals surface area contributed by atoms with Crippen molar-refractivity contribution in [2.24, 2.45) is 0 Å². The molecule has 1 aliphatic heterocycles. The van der Waals surface area contributed by atoms with Crippen molar-refractivity contribution < 1.29 is 19.1 Å². The average Bonchev–Trinajstić information content (AvgIpc) is 3.34. The predicted molar refractivity (Wildman–Crippen MR) is 113 cm³/mol. The van der Waals surface area contributed by atoms with E-state index < -0.39 is 11.9 Å². The van der Waals surface area contributed by atoms with E-state index in [4.69, 9.17) is 15.2 Å². The van der Waals surface area contributed by atoms with Crippen LogP contribution in [0.25, 0.3) is 0 Å². The Hall–Kier alpha value is -2.15. The summed E-state index contributed by atoms with van der Waals surface area (Å²) in [6.45, 7) is 1.66. The summed E-state index contributed by atoms with van der Waals surface area (Å²) in [7, 11) is 0. The van der Waals surface area contributed by atoms with Crippen LogP contribution in [0.1, 0.15) is 48.2 Å². The molecule has 0 atom stereocenters. The molecule has 0 aliphatic carbocycles. The highest BCUT2D eigenvalue weighted by atomic mass is 32.2. The van der Waals surface area contributed by atoms with Gasteiger partial charge < -0.3 is 15.2 Å². The highest BCUT2D eigenvalue weighted by molar-refractivity contribution is 8.19. The number of nitriles is 1. The smallest absolute Gasteiger partial charge is 0.348 e. The van der Waals surface area contributed by atoms with Crippen LogP contribution in [0.5, 0.6) is 0 Å². The van der Waals surface area contributed by atoms with Crippen LogP contribution >= 0.6 is 34.9 Å². The van der Waals surface area contributed by atoms with Gasteiger partial charge in [-0.25, -0.2) is 9.59 Å². The summed E-state index contributed by atoms with van der Waals surface area (Å²) in [4.78, 5) is 24.7. The number of benzene rings is 1. The van der Waals surface area contributed by atoms with Crippen molar-refractivity contribution in [2.75, 3.05) is 23.8 Å². The van der Waals surface area contributed by atoms with Gasteiger partial charge in [0.25, 0.3) is 0 Å². The molecule has 2 aromatic rings. The number of carbonyl (C=O) groups excluding carboxylic acids is 2. The Kier molecular flexibility index (Phi) is 6.88. The lowest BCUT2D eigenvalue weighted by Crippen LogP contribution is -2.10. The van der Waals surface area contributed by atoms with E-state index >= 15 is 0 Å². The van der Waals surface area contributed by atoms with Crippen LogP contribution in [0.2, 0.25) is 0 Å². The monoisotopic (exact) mass is 434 g/mol. The molecule has 0 spiro atoms. The fourth-order valence-electron chi connectivity index (χ4n) is 2.65. The van der Waals surface area contributed by atoms with Gasteiger partial charge in [0, 0.05) is 17.1 Å². The number of rotatable bonds is 6. The quantitative estimate of drug-likeness (QED) is 0.675. The summed E-state index contributed by atoms with van der Waals surface area (Å²) < 4.78 is 10.8. The molecule has 146 valence electrons. The Morgan fingerprint density at radius 3 is 2.46 bits per heavy atom. The minimum Gasteiger partial charge on any atom is -0.462 e. The standard InChI is InChI=1S/C19H18N2O4S3/c1-2-24-18(23)15-14(13(9-20)16(21)28-15)10-25-17(22)11-3-5-12(6-4-11)19-26-7-8-27-19/h3-6,19H,2,7-8,10,21H2,1H3. The number of anilines is 1. The molecule has 0 unspecified atom stereocenters. The molecule has 1 aliphatic rings. The highest BCUT2D eigenvalue weighted by Crippen LogP contribution is 2.45. The van der Waals surface area contributed by atoms with Crippen molar-refractivity contribution in [3.63, 3.8) is 0 Å². The number of thiophene rings is 1. The molecule has 1 fully saturated rings. The number of nitrogens with zero attached hydrogens (tertiary/aromatic N) is 1. The van der Waals surface area contributed by atoms with Crippen LogP contribution < -0.4 is 5.73 Å². The summed E-state index contributed by atoms with van der Waals surface area (Å²) in [6, 6.07) is 9.29. The molecule has 9 heteroatoms. The maximum absolute atomic E-state index is 12.4. The van der Waals surface area contributed by atoms with E-state index in [1.807, 2.05) is 41.7 Å². The van der Waals surface area contributed by atoms with Crippen molar-refractivity contribution >= 4 is 51.8 Å². The van der Waals surface area contributed by atoms with E-state index in [1.165, 1.54) is 5.56 Å². The van der Waals surface area contributed by atoms with Crippen molar-refractivity contribution in [1.29, 1.82) is 5.26 Å². The molecule has 2 heterocycles. The Morgan fingerprint density at radius 1 is 1.18 bits per heavy atom. The average molecular weight is 435 g/mol. The van der Waals surface area contributed by atoms with Gasteiger partial charge in [-0.2, -0.15) is 5.26 Å². The van der Waals surface area contributed by atoms with Crippen LogP contribution in [-0.2, 0) is 16.1 Å². The minimum absolute atomic E-state index is 0.145. The molecule has 0 radical (unpaired) electrons. The first-order valence-corrected chi connectivity index (χ1v) is 11.4. The summed E-state index contributed by atoms with van der Waals surface area (Å²) in [5, 5.41) is 9.52. The number of nitrogens with two attached hydrogens (primary N) is 1. The Labute approximate surface area is 175 Å². The van der Waals surface area contributed by atoms with Crippen molar-refractivity contribution in [1.82, 2.24) is 0 Å². The first kappa shape index (κ1) is 20.6. The fraction of sp³-hybridized carbons (Fsp3) is 0.316. The van der Waals surface area contributed by atoms with Crippen LogP contribution in [0.3, 0.4) is 0 Å². The van der Waals surface area contributed by atoms with Gasteiger partial charge >= 0.3 is 11.9 Å². The van der Waals surface area contributed by atoms with E-state index in [0.717, 1.165) is 22.8 Å². The second kappa shape index (κ2) is 9.37. The first-order valence-electron chi connectivity index (χ1n) is 8.53. The van der Waals surface area contributed by atoms with Crippen molar-refractivity contribution in [2.45, 2.75) is 18.1 Å². The van der Waals surface area contributed by atoms with Crippen molar-refractivity contribution in [3.05, 3.63) is 51.4 Å². The van der Waals surface area contributed by atoms with Crippen LogP contribution in [-0.4, -0.2) is 30.1 Å². The largest absolute Gasteiger partial charge is 0.462 e. The van der Waals surface area contributed by atoms with Gasteiger partial charge in [0.05, 0.1) is 22.3 Å². The number of ether oxygens (including phenoxy) is 2. The number of hydrogen-bond acceptors (Lipinski definition) is 9. The zero-order valence-corrected chi connectivity index (χ0v) is 17.5. The number of thioether (sulfide) groups is 2. The maximum atomic E-state index is 12.4. The molecule has 28 heavy (non-hydrogen) atoms. The molecule has 1 aromatic carbocycles. The molecular formula is C19H18N2O4S3. The second-order valence-corrected chi connectivity index (χ2v) is 9.53. The zero-order chi connectivity index (χ0) is 20.1.